The van der Waals surface area contributed by atoms with Crippen LogP contribution in [-0.4, -0.2) is 56.1 Å². The van der Waals surface area contributed by atoms with Gasteiger partial charge in [-0.25, -0.2) is 9.78 Å². The van der Waals surface area contributed by atoms with E-state index in [1.807, 2.05) is 13.0 Å². The van der Waals surface area contributed by atoms with Gasteiger partial charge in [-0.15, -0.1) is 23.1 Å². The van der Waals surface area contributed by atoms with Crippen molar-refractivity contribution in [3.05, 3.63) is 33.4 Å². The molecule has 1 aromatic rings. The summed E-state index contributed by atoms with van der Waals surface area (Å²) in [6.07, 6.45) is 18.2. The topological polar surface area (TPSA) is 109 Å². The van der Waals surface area contributed by atoms with E-state index in [2.05, 4.69) is 10.3 Å². The van der Waals surface area contributed by atoms with E-state index in [9.17, 15) is 14.7 Å². The Balaban J connectivity index is 0.000000180. The maximum absolute atomic E-state index is 11.8. The number of amides is 1. The highest BCUT2D eigenvalue weighted by Gasteiger charge is 2.51. The highest BCUT2D eigenvalue weighted by Crippen LogP contribution is 2.40. The number of nitrogens with two attached hydrogens (primary N) is 1. The number of aryl methyl sites for hydroxylation is 1. The number of thiazole rings is 1. The van der Waals surface area contributed by atoms with E-state index in [4.69, 9.17) is 5.73 Å². The Bertz CT molecular complexity index is 916. The molecule has 34 heavy (non-hydrogen) atoms. The molecule has 1 unspecified atom stereocenters. The molecule has 7 nitrogen and oxygen atoms in total. The van der Waals surface area contributed by atoms with E-state index in [1.165, 1.54) is 92.2 Å². The molecule has 9 heteroatoms. The molecule has 186 valence electrons. The smallest absolute Gasteiger partial charge is 0.352 e. The van der Waals surface area contributed by atoms with E-state index in [-0.39, 0.29) is 17.0 Å². The fraction of sp³-hybridized carbons (Fsp3) is 0.640. The maximum atomic E-state index is 11.8. The van der Waals surface area contributed by atoms with Crippen molar-refractivity contribution in [1.82, 2.24) is 15.2 Å². The average molecular weight is 505 g/mol. The van der Waals surface area contributed by atoms with Crippen LogP contribution in [0.15, 0.2) is 22.9 Å². The van der Waals surface area contributed by atoms with Gasteiger partial charge in [0.2, 0.25) is 5.91 Å². The monoisotopic (exact) mass is 504 g/mol. The SMILES string of the molecule is C1CCC(NC2CCCCC2)CC1.Cc1ncsc1C=CC1=C(C(=O)O)N2C(=O)C(N)[C@H]2SC1. The van der Waals surface area contributed by atoms with Gasteiger partial charge in [0.25, 0.3) is 0 Å². The first kappa shape index (κ1) is 25.4. The van der Waals surface area contributed by atoms with E-state index in [1.54, 1.807) is 11.6 Å². The summed E-state index contributed by atoms with van der Waals surface area (Å²) in [4.78, 5) is 29.7. The van der Waals surface area contributed by atoms with Crippen LogP contribution in [0.3, 0.4) is 0 Å². The summed E-state index contributed by atoms with van der Waals surface area (Å²) < 4.78 is 0. The number of β-lactam (4-membered cyclic amide) rings is 1. The van der Waals surface area contributed by atoms with Gasteiger partial charge in [0.1, 0.15) is 17.1 Å². The molecular formula is C25H36N4O3S2. The third kappa shape index (κ3) is 5.93. The molecular weight excluding hydrogens is 468 g/mol. The molecule has 5 rings (SSSR count). The van der Waals surface area contributed by atoms with E-state index in [0.717, 1.165) is 22.7 Å². The molecule has 3 fully saturated rings. The van der Waals surface area contributed by atoms with Crippen molar-refractivity contribution in [2.45, 2.75) is 94.6 Å². The van der Waals surface area contributed by atoms with E-state index < -0.39 is 12.0 Å². The van der Waals surface area contributed by atoms with Crippen LogP contribution in [-0.2, 0) is 9.59 Å². The second kappa shape index (κ2) is 11.8. The second-order valence-electron chi connectivity index (χ2n) is 9.59. The van der Waals surface area contributed by atoms with Gasteiger partial charge in [0.05, 0.1) is 11.2 Å². The number of hydrogen-bond acceptors (Lipinski definition) is 7. The molecule has 3 heterocycles. The number of hydrogen-bond donors (Lipinski definition) is 3. The number of nitrogens with one attached hydrogen (secondary N) is 1. The first-order valence-electron chi connectivity index (χ1n) is 12.5. The summed E-state index contributed by atoms with van der Waals surface area (Å²) >= 11 is 2.98. The Kier molecular flexibility index (Phi) is 8.85. The number of fused-ring (bicyclic) bond motifs is 1. The minimum absolute atomic E-state index is 0.0452. The standard InChI is InChI=1S/C13H13N3O3S2.C12H23N/c1-6-8(21-5-15-6)3-2-7-4-20-12-9(14)11(17)16(12)10(7)13(18)19;1-3-7-11(8-4-1)13-12-9-5-2-6-10-12/h2-3,5,9,12H,4,14H2,1H3,(H,18,19);11-13H,1-10H2/t9?,12-;/m1./s1. The summed E-state index contributed by atoms with van der Waals surface area (Å²) in [6.45, 7) is 1.90. The van der Waals surface area contributed by atoms with Crippen LogP contribution in [0.4, 0.5) is 0 Å². The number of carboxylic acids is 1. The average Bonchev–Trinajstić information content (AvgIpc) is 3.27. The third-order valence-electron chi connectivity index (χ3n) is 7.14. The van der Waals surface area contributed by atoms with Gasteiger partial charge in [-0.05, 0) is 44.3 Å². The van der Waals surface area contributed by atoms with Crippen molar-refractivity contribution >= 4 is 41.1 Å². The Morgan fingerprint density at radius 3 is 2.26 bits per heavy atom. The Morgan fingerprint density at radius 1 is 1.12 bits per heavy atom. The molecule has 2 aliphatic carbocycles. The predicted octanol–water partition coefficient (Wildman–Crippen LogP) is 4.29. The van der Waals surface area contributed by atoms with E-state index in [0.29, 0.717) is 11.3 Å². The summed E-state index contributed by atoms with van der Waals surface area (Å²) in [5, 5.41) is 13.0. The van der Waals surface area contributed by atoms with Gasteiger partial charge in [-0.2, -0.15) is 0 Å². The molecule has 0 bridgehead atoms. The molecule has 4 aliphatic rings. The maximum Gasteiger partial charge on any atom is 0.352 e. The number of thioether (sulfide) groups is 1. The largest absolute Gasteiger partial charge is 0.477 e. The molecule has 0 radical (unpaired) electrons. The first-order valence-corrected chi connectivity index (χ1v) is 14.4. The molecule has 2 aliphatic heterocycles. The quantitative estimate of drug-likeness (QED) is 0.513. The lowest BCUT2D eigenvalue weighted by Gasteiger charge is -2.47. The number of nitrogens with zero attached hydrogens (tertiary/aromatic N) is 2. The van der Waals surface area contributed by atoms with E-state index >= 15 is 0 Å². The predicted molar refractivity (Wildman–Crippen MR) is 138 cm³/mol. The Morgan fingerprint density at radius 2 is 1.74 bits per heavy atom. The Labute approximate surface area is 210 Å². The number of allylic oxidation sites excluding steroid dienone is 1. The van der Waals surface area contributed by atoms with Crippen LogP contribution >= 0.6 is 23.1 Å². The first-order chi connectivity index (χ1) is 16.5. The summed E-state index contributed by atoms with van der Waals surface area (Å²) in [5.41, 5.74) is 9.01. The van der Waals surface area contributed by atoms with Gasteiger partial charge in [-0.1, -0.05) is 44.6 Å². The number of carbonyl (C=O) groups is 2. The summed E-state index contributed by atoms with van der Waals surface area (Å²) in [7, 11) is 0. The lowest BCUT2D eigenvalue weighted by atomic mass is 9.91. The summed E-state index contributed by atoms with van der Waals surface area (Å²) in [6, 6.07) is 1.15. The zero-order chi connectivity index (χ0) is 24.1. The van der Waals surface area contributed by atoms with Gasteiger partial charge >= 0.3 is 5.97 Å². The molecule has 1 aromatic heterocycles. The van der Waals surface area contributed by atoms with Crippen LogP contribution in [0.5, 0.6) is 0 Å². The van der Waals surface area contributed by atoms with Crippen LogP contribution in [0.1, 0.15) is 74.8 Å². The molecule has 0 spiro atoms. The second-order valence-corrected chi connectivity index (χ2v) is 11.6. The number of aromatic nitrogens is 1. The van der Waals surface area contributed by atoms with Crippen LogP contribution in [0.2, 0.25) is 0 Å². The lowest BCUT2D eigenvalue weighted by molar-refractivity contribution is -0.147. The van der Waals surface area contributed by atoms with Gasteiger partial charge < -0.3 is 16.2 Å². The molecule has 2 saturated carbocycles. The number of aliphatic carboxylic acids is 1. The zero-order valence-electron chi connectivity index (χ0n) is 19.9. The van der Waals surface area contributed by atoms with Crippen LogP contribution in [0.25, 0.3) is 6.08 Å². The lowest BCUT2D eigenvalue weighted by Crippen LogP contribution is -2.68. The number of carboxylic acid groups (broad SMARTS) is 1. The van der Waals surface area contributed by atoms with Crippen molar-refractivity contribution in [2.24, 2.45) is 5.73 Å². The van der Waals surface area contributed by atoms with Crippen molar-refractivity contribution in [2.75, 3.05) is 5.75 Å². The van der Waals surface area contributed by atoms with Gasteiger partial charge in [0.15, 0.2) is 0 Å². The van der Waals surface area contributed by atoms with Crippen molar-refractivity contribution in [1.29, 1.82) is 0 Å². The minimum Gasteiger partial charge on any atom is -0.477 e. The molecule has 0 aromatic carbocycles. The summed E-state index contributed by atoms with van der Waals surface area (Å²) in [5.74, 6) is -0.899. The Hall–Kier alpha value is -1.68. The zero-order valence-corrected chi connectivity index (χ0v) is 21.5. The normalized spacial score (nSPS) is 26.2. The van der Waals surface area contributed by atoms with Gasteiger partial charge in [0, 0.05) is 22.7 Å². The van der Waals surface area contributed by atoms with Gasteiger partial charge in [-0.3, -0.25) is 9.69 Å². The van der Waals surface area contributed by atoms with Crippen molar-refractivity contribution in [3.63, 3.8) is 0 Å². The van der Waals surface area contributed by atoms with Crippen LogP contribution in [0, 0.1) is 6.92 Å². The molecule has 2 atom stereocenters. The van der Waals surface area contributed by atoms with Crippen molar-refractivity contribution in [3.8, 4) is 0 Å². The van der Waals surface area contributed by atoms with Crippen LogP contribution < -0.4 is 11.1 Å². The fourth-order valence-corrected chi connectivity index (χ4v) is 7.15. The minimum atomic E-state index is -1.10. The molecule has 1 amide bonds. The highest BCUT2D eigenvalue weighted by atomic mass is 32.2. The third-order valence-corrected chi connectivity index (χ3v) is 9.36. The number of carbonyl (C=O) groups excluding carboxylic acids is 1. The molecule has 4 N–H and O–H groups in total. The highest BCUT2D eigenvalue weighted by molar-refractivity contribution is 8.00. The number of rotatable bonds is 5. The van der Waals surface area contributed by atoms with Crippen molar-refractivity contribution < 1.29 is 14.7 Å². The fourth-order valence-electron chi connectivity index (χ4n) is 5.19. The molecule has 1 saturated heterocycles.